The molecular formula is C18H18F3N3O3. The first-order valence-corrected chi connectivity index (χ1v) is 8.30. The zero-order valence-electron chi connectivity index (χ0n) is 14.7. The first kappa shape index (κ1) is 18.9. The van der Waals surface area contributed by atoms with E-state index in [9.17, 15) is 22.8 Å². The topological polar surface area (TPSA) is 75.4 Å². The Morgan fingerprint density at radius 1 is 1.15 bits per heavy atom. The molecule has 27 heavy (non-hydrogen) atoms. The summed E-state index contributed by atoms with van der Waals surface area (Å²) < 4.78 is 40.9. The highest BCUT2D eigenvalue weighted by atomic mass is 19.4. The lowest BCUT2D eigenvalue weighted by atomic mass is 9.96. The molecule has 1 N–H and O–H groups in total. The smallest absolute Gasteiger partial charge is 0.394 e. The summed E-state index contributed by atoms with van der Waals surface area (Å²) in [6.45, 7) is 2.48. The van der Waals surface area contributed by atoms with E-state index in [-0.39, 0.29) is 5.69 Å². The fraction of sp³-hybridized carbons (Fsp3) is 0.389. The van der Waals surface area contributed by atoms with E-state index in [0.29, 0.717) is 5.69 Å². The van der Waals surface area contributed by atoms with Crippen LogP contribution < -0.4 is 0 Å². The molecule has 6 nitrogen and oxygen atoms in total. The van der Waals surface area contributed by atoms with Crippen LogP contribution in [0.15, 0.2) is 30.3 Å². The summed E-state index contributed by atoms with van der Waals surface area (Å²) in [7, 11) is 0. The number of carboxylic acid groups (broad SMARTS) is 1. The molecule has 1 saturated heterocycles. The monoisotopic (exact) mass is 381 g/mol. The van der Waals surface area contributed by atoms with Crippen LogP contribution in [-0.4, -0.2) is 50.9 Å². The van der Waals surface area contributed by atoms with Crippen LogP contribution in [-0.2, 0) is 4.79 Å². The average Bonchev–Trinajstić information content (AvgIpc) is 3.19. The molecule has 0 saturated carbocycles. The van der Waals surface area contributed by atoms with Gasteiger partial charge in [-0.1, -0.05) is 17.7 Å². The summed E-state index contributed by atoms with van der Waals surface area (Å²) in [5, 5.41) is 13.3. The van der Waals surface area contributed by atoms with E-state index < -0.39 is 43.0 Å². The van der Waals surface area contributed by atoms with E-state index in [1.807, 2.05) is 31.2 Å². The number of benzene rings is 1. The molecule has 2 atom stereocenters. The number of aryl methyl sites for hydroxylation is 2. The lowest BCUT2D eigenvalue weighted by Gasteiger charge is -2.18. The van der Waals surface area contributed by atoms with Gasteiger partial charge in [0.1, 0.15) is 0 Å². The van der Waals surface area contributed by atoms with Crippen molar-refractivity contribution in [2.24, 2.45) is 11.8 Å². The lowest BCUT2D eigenvalue weighted by molar-refractivity contribution is -0.187. The van der Waals surface area contributed by atoms with Gasteiger partial charge in [-0.3, -0.25) is 9.59 Å². The minimum Gasteiger partial charge on any atom is -0.481 e. The van der Waals surface area contributed by atoms with E-state index in [1.165, 1.54) is 10.7 Å². The van der Waals surface area contributed by atoms with Gasteiger partial charge in [-0.25, -0.2) is 4.68 Å². The minimum atomic E-state index is -4.69. The van der Waals surface area contributed by atoms with Crippen LogP contribution in [0, 0.1) is 25.7 Å². The Balaban J connectivity index is 1.85. The van der Waals surface area contributed by atoms with Crippen LogP contribution in [0.25, 0.3) is 5.69 Å². The van der Waals surface area contributed by atoms with Gasteiger partial charge >= 0.3 is 12.1 Å². The standard InChI is InChI=1S/C18H18F3N3O3/c1-10-3-5-12(6-4-10)24-11(2)7-15(22-24)16(25)23-8-13(17(26)27)14(9-23)18(19,20)21/h3-7,13-14H,8-9H2,1-2H3,(H,26,27)/t13-,14-/m1/s1. The number of carbonyl (C=O) groups excluding carboxylic acids is 1. The third kappa shape index (κ3) is 3.67. The quantitative estimate of drug-likeness (QED) is 0.887. The van der Waals surface area contributed by atoms with Gasteiger partial charge in [0, 0.05) is 18.8 Å². The molecule has 2 aromatic rings. The van der Waals surface area contributed by atoms with Gasteiger partial charge in [0.25, 0.3) is 5.91 Å². The number of likely N-dealkylation sites (tertiary alicyclic amines) is 1. The SMILES string of the molecule is Cc1ccc(-n2nc(C(=O)N3C[C@@H](C(F)(F)F)[C@H](C(=O)O)C3)cc2C)cc1. The second-order valence-electron chi connectivity index (χ2n) is 6.72. The molecule has 1 aliphatic heterocycles. The van der Waals surface area contributed by atoms with Gasteiger partial charge in [0.05, 0.1) is 17.5 Å². The third-order valence-electron chi connectivity index (χ3n) is 4.73. The molecule has 0 spiro atoms. The van der Waals surface area contributed by atoms with Crippen LogP contribution in [0.3, 0.4) is 0 Å². The van der Waals surface area contributed by atoms with Crippen molar-refractivity contribution in [2.75, 3.05) is 13.1 Å². The fourth-order valence-corrected chi connectivity index (χ4v) is 3.24. The van der Waals surface area contributed by atoms with Crippen LogP contribution in [0.5, 0.6) is 0 Å². The maximum absolute atomic E-state index is 13.1. The summed E-state index contributed by atoms with van der Waals surface area (Å²) in [4.78, 5) is 24.7. The van der Waals surface area contributed by atoms with E-state index in [4.69, 9.17) is 5.11 Å². The highest BCUT2D eigenvalue weighted by Crippen LogP contribution is 2.38. The molecule has 3 rings (SSSR count). The van der Waals surface area contributed by atoms with Crippen LogP contribution in [0.4, 0.5) is 13.2 Å². The van der Waals surface area contributed by atoms with E-state index >= 15 is 0 Å². The van der Waals surface area contributed by atoms with E-state index in [0.717, 1.165) is 16.2 Å². The average molecular weight is 381 g/mol. The van der Waals surface area contributed by atoms with Crippen molar-refractivity contribution in [2.45, 2.75) is 20.0 Å². The molecule has 2 heterocycles. The Bertz CT molecular complexity index is 874. The normalized spacial score (nSPS) is 20.1. The number of hydrogen-bond donors (Lipinski definition) is 1. The van der Waals surface area contributed by atoms with Crippen molar-refractivity contribution in [1.82, 2.24) is 14.7 Å². The number of amides is 1. The molecule has 1 aromatic carbocycles. The van der Waals surface area contributed by atoms with E-state index in [2.05, 4.69) is 5.10 Å². The van der Waals surface area contributed by atoms with Gasteiger partial charge in [-0.05, 0) is 32.0 Å². The number of halogens is 3. The summed E-state index contributed by atoms with van der Waals surface area (Å²) in [6, 6.07) is 8.88. The number of carboxylic acids is 1. The maximum atomic E-state index is 13.1. The Labute approximate surface area is 153 Å². The zero-order valence-corrected chi connectivity index (χ0v) is 14.7. The number of alkyl halides is 3. The molecule has 1 aromatic heterocycles. The highest BCUT2D eigenvalue weighted by Gasteiger charge is 2.53. The number of nitrogens with zero attached hydrogens (tertiary/aromatic N) is 3. The summed E-state index contributed by atoms with van der Waals surface area (Å²) >= 11 is 0. The van der Waals surface area contributed by atoms with Crippen LogP contribution in [0.1, 0.15) is 21.7 Å². The van der Waals surface area contributed by atoms with E-state index in [1.54, 1.807) is 6.92 Å². The fourth-order valence-electron chi connectivity index (χ4n) is 3.24. The van der Waals surface area contributed by atoms with Gasteiger partial charge in [-0.2, -0.15) is 18.3 Å². The zero-order chi connectivity index (χ0) is 19.9. The lowest BCUT2D eigenvalue weighted by Crippen LogP contribution is -2.34. The number of aliphatic carboxylic acids is 1. The molecule has 9 heteroatoms. The highest BCUT2D eigenvalue weighted by molar-refractivity contribution is 5.93. The van der Waals surface area contributed by atoms with Crippen LogP contribution >= 0.6 is 0 Å². The molecular weight excluding hydrogens is 363 g/mol. The number of hydrogen-bond acceptors (Lipinski definition) is 3. The van der Waals surface area contributed by atoms with Gasteiger partial charge < -0.3 is 10.0 Å². The van der Waals surface area contributed by atoms with Crippen molar-refractivity contribution in [3.63, 3.8) is 0 Å². The Kier molecular flexibility index (Phi) is 4.71. The molecule has 0 radical (unpaired) electrons. The maximum Gasteiger partial charge on any atom is 0.394 e. The first-order chi connectivity index (χ1) is 12.6. The Hall–Kier alpha value is -2.84. The first-order valence-electron chi connectivity index (χ1n) is 8.30. The molecule has 1 aliphatic rings. The van der Waals surface area contributed by atoms with Crippen molar-refractivity contribution >= 4 is 11.9 Å². The Morgan fingerprint density at radius 3 is 2.30 bits per heavy atom. The van der Waals surface area contributed by atoms with Crippen LogP contribution in [0.2, 0.25) is 0 Å². The summed E-state index contributed by atoms with van der Waals surface area (Å²) in [5.74, 6) is -6.02. The number of carbonyl (C=O) groups is 2. The second kappa shape index (κ2) is 6.71. The molecule has 0 bridgehead atoms. The predicted octanol–water partition coefficient (Wildman–Crippen LogP) is 2.82. The molecule has 144 valence electrons. The van der Waals surface area contributed by atoms with Crippen molar-refractivity contribution < 1.29 is 27.9 Å². The summed E-state index contributed by atoms with van der Waals surface area (Å²) in [6.07, 6.45) is -4.69. The minimum absolute atomic E-state index is 0.0139. The largest absolute Gasteiger partial charge is 0.481 e. The molecule has 1 amide bonds. The molecule has 1 fully saturated rings. The van der Waals surface area contributed by atoms with Crippen molar-refractivity contribution in [3.05, 3.63) is 47.3 Å². The predicted molar refractivity (Wildman–Crippen MR) is 89.6 cm³/mol. The Morgan fingerprint density at radius 2 is 1.78 bits per heavy atom. The van der Waals surface area contributed by atoms with Gasteiger partial charge in [0.2, 0.25) is 0 Å². The van der Waals surface area contributed by atoms with Crippen molar-refractivity contribution in [3.8, 4) is 5.69 Å². The third-order valence-corrected chi connectivity index (χ3v) is 4.73. The van der Waals surface area contributed by atoms with Gasteiger partial charge in [-0.15, -0.1) is 0 Å². The number of aromatic nitrogens is 2. The van der Waals surface area contributed by atoms with Crippen molar-refractivity contribution in [1.29, 1.82) is 0 Å². The van der Waals surface area contributed by atoms with Gasteiger partial charge in [0.15, 0.2) is 5.69 Å². The molecule has 0 aliphatic carbocycles. The second-order valence-corrected chi connectivity index (χ2v) is 6.72. The summed E-state index contributed by atoms with van der Waals surface area (Å²) in [5.41, 5.74) is 2.40. The number of rotatable bonds is 3. The molecule has 0 unspecified atom stereocenters.